The molecule has 0 bridgehead atoms. The van der Waals surface area contributed by atoms with Crippen molar-refractivity contribution < 1.29 is 49.8 Å². The number of nitrogens with one attached hydrogen (secondary N) is 1. The van der Waals surface area contributed by atoms with Crippen molar-refractivity contribution in [3.63, 3.8) is 0 Å². The zero-order valence-corrected chi connectivity index (χ0v) is 22.0. The molecule has 1 amide bonds. The van der Waals surface area contributed by atoms with Crippen LogP contribution >= 0.6 is 0 Å². The molecule has 4 rings (SSSR count). The van der Waals surface area contributed by atoms with Crippen LogP contribution in [0.1, 0.15) is 58.8 Å². The summed E-state index contributed by atoms with van der Waals surface area (Å²) in [6.07, 6.45) is -8.31. The molecule has 0 unspecified atom stereocenters. The van der Waals surface area contributed by atoms with E-state index >= 15 is 0 Å². The first kappa shape index (κ1) is 30.5. The third-order valence-electron chi connectivity index (χ3n) is 6.32. The highest BCUT2D eigenvalue weighted by molar-refractivity contribution is 6.00. The van der Waals surface area contributed by atoms with E-state index in [9.17, 15) is 40.3 Å². The van der Waals surface area contributed by atoms with Crippen LogP contribution < -0.4 is 10.1 Å². The van der Waals surface area contributed by atoms with Crippen LogP contribution in [0.5, 0.6) is 5.88 Å². The van der Waals surface area contributed by atoms with Crippen molar-refractivity contribution >= 4 is 28.7 Å². The molecule has 42 heavy (non-hydrogen) atoms. The summed E-state index contributed by atoms with van der Waals surface area (Å²) in [6.45, 7) is 1.35. The molecule has 1 N–H and O–H groups in total. The minimum atomic E-state index is -5.21. The Bertz CT molecular complexity index is 1510. The highest BCUT2D eigenvalue weighted by atomic mass is 19.4. The number of nitrogens with zero attached hydrogens (tertiary/aromatic N) is 1. The molecule has 6 nitrogen and oxygen atoms in total. The number of carbonyl (C=O) groups excluding carboxylic acids is 2. The smallest absolute Gasteiger partial charge is 0.471 e. The SMILES string of the molecule is CCOC(=O)c1cc(NC(=O)C(F)(F)F)cc(C2=C(c3cc(C(F)(F)F)cnc3OCc3ccc(F)cc3)CCC2)c1. The van der Waals surface area contributed by atoms with Crippen molar-refractivity contribution in [3.05, 3.63) is 88.4 Å². The molecule has 3 aromatic rings. The minimum absolute atomic E-state index is 0.00171. The van der Waals surface area contributed by atoms with Crippen molar-refractivity contribution in [2.75, 3.05) is 11.9 Å². The van der Waals surface area contributed by atoms with Gasteiger partial charge in [0.25, 0.3) is 0 Å². The number of rotatable bonds is 8. The van der Waals surface area contributed by atoms with Gasteiger partial charge in [-0.1, -0.05) is 12.1 Å². The Balaban J connectivity index is 1.82. The topological polar surface area (TPSA) is 77.5 Å². The van der Waals surface area contributed by atoms with Crippen molar-refractivity contribution in [2.24, 2.45) is 0 Å². The summed E-state index contributed by atoms with van der Waals surface area (Å²) in [7, 11) is 0. The summed E-state index contributed by atoms with van der Waals surface area (Å²) in [4.78, 5) is 28.0. The van der Waals surface area contributed by atoms with Crippen LogP contribution in [-0.2, 0) is 22.3 Å². The van der Waals surface area contributed by atoms with E-state index in [4.69, 9.17) is 9.47 Å². The van der Waals surface area contributed by atoms with E-state index in [1.807, 2.05) is 0 Å². The number of esters is 1. The number of alkyl halides is 6. The Kier molecular flexibility index (Phi) is 8.88. The summed E-state index contributed by atoms with van der Waals surface area (Å²) >= 11 is 0. The number of amides is 1. The molecule has 0 fully saturated rings. The summed E-state index contributed by atoms with van der Waals surface area (Å²) in [5, 5.41) is 1.71. The van der Waals surface area contributed by atoms with E-state index in [2.05, 4.69) is 4.98 Å². The quantitative estimate of drug-likeness (QED) is 0.214. The monoisotopic (exact) mass is 596 g/mol. The molecule has 0 spiro atoms. The second-order valence-corrected chi connectivity index (χ2v) is 9.27. The number of ether oxygens (including phenoxy) is 2. The fraction of sp³-hybridized carbons (Fsp3) is 0.276. The van der Waals surface area contributed by atoms with Gasteiger partial charge < -0.3 is 14.8 Å². The molecule has 0 saturated carbocycles. The summed E-state index contributed by atoms with van der Waals surface area (Å²) in [5.74, 6) is -3.77. The molecular weight excluding hydrogens is 573 g/mol. The standard InChI is InChI=1S/C29H23F7N2O4/c1-2-41-26(39)18-10-17(11-21(12-18)38-27(40)29(34,35)36)22-4-3-5-23(22)24-13-19(28(31,32)33)14-37-25(24)42-15-16-6-8-20(30)9-7-16/h6-14H,2-5,15H2,1H3,(H,38,40). The molecule has 2 aromatic carbocycles. The summed E-state index contributed by atoms with van der Waals surface area (Å²) in [5.41, 5.74) is -0.0461. The first-order valence-corrected chi connectivity index (χ1v) is 12.6. The Hall–Kier alpha value is -4.42. The van der Waals surface area contributed by atoms with Gasteiger partial charge in [-0.05, 0) is 84.9 Å². The molecule has 0 aliphatic heterocycles. The number of halogens is 7. The zero-order valence-electron chi connectivity index (χ0n) is 22.0. The Labute approximate surface area is 235 Å². The summed E-state index contributed by atoms with van der Waals surface area (Å²) in [6, 6.07) is 9.70. The van der Waals surface area contributed by atoms with Gasteiger partial charge >= 0.3 is 24.2 Å². The largest absolute Gasteiger partial charge is 0.472 e. The average Bonchev–Trinajstić information content (AvgIpc) is 3.41. The van der Waals surface area contributed by atoms with Gasteiger partial charge in [0.2, 0.25) is 5.88 Å². The predicted octanol–water partition coefficient (Wildman–Crippen LogP) is 7.59. The lowest BCUT2D eigenvalue weighted by atomic mass is 9.95. The Morgan fingerprint density at radius 1 is 0.952 bits per heavy atom. The third-order valence-corrected chi connectivity index (χ3v) is 6.32. The lowest BCUT2D eigenvalue weighted by Crippen LogP contribution is -2.30. The van der Waals surface area contributed by atoms with Gasteiger partial charge in [0.15, 0.2) is 0 Å². The fourth-order valence-electron chi connectivity index (χ4n) is 4.44. The molecule has 1 aliphatic carbocycles. The van der Waals surface area contributed by atoms with Crippen molar-refractivity contribution in [1.29, 1.82) is 0 Å². The first-order valence-electron chi connectivity index (χ1n) is 12.6. The second kappa shape index (κ2) is 12.2. The normalized spacial score (nSPS) is 13.7. The van der Waals surface area contributed by atoms with Crippen LogP contribution in [-0.4, -0.2) is 29.6 Å². The maximum atomic E-state index is 13.7. The average molecular weight is 596 g/mol. The van der Waals surface area contributed by atoms with Gasteiger partial charge in [0.05, 0.1) is 17.7 Å². The van der Waals surface area contributed by atoms with E-state index in [0.717, 1.165) is 12.1 Å². The van der Waals surface area contributed by atoms with Crippen molar-refractivity contribution in [1.82, 2.24) is 4.98 Å². The van der Waals surface area contributed by atoms with Crippen LogP contribution in [0.3, 0.4) is 0 Å². The molecule has 0 atom stereocenters. The zero-order chi connectivity index (χ0) is 30.7. The minimum Gasteiger partial charge on any atom is -0.472 e. The number of allylic oxidation sites excluding steroid dienone is 2. The molecule has 1 aromatic heterocycles. The van der Waals surface area contributed by atoms with E-state index in [-0.39, 0.29) is 47.9 Å². The lowest BCUT2D eigenvalue weighted by Gasteiger charge is -2.17. The van der Waals surface area contributed by atoms with E-state index < -0.39 is 35.6 Å². The number of carbonyl (C=O) groups is 2. The second-order valence-electron chi connectivity index (χ2n) is 9.27. The van der Waals surface area contributed by atoms with E-state index in [0.29, 0.717) is 35.7 Å². The van der Waals surface area contributed by atoms with Crippen LogP contribution in [0.15, 0.2) is 54.7 Å². The molecule has 1 heterocycles. The van der Waals surface area contributed by atoms with E-state index in [1.165, 1.54) is 43.3 Å². The highest BCUT2D eigenvalue weighted by Crippen LogP contribution is 2.44. The predicted molar refractivity (Wildman–Crippen MR) is 138 cm³/mol. The van der Waals surface area contributed by atoms with Crippen molar-refractivity contribution in [3.8, 4) is 5.88 Å². The molecular formula is C29H23F7N2O4. The molecule has 222 valence electrons. The highest BCUT2D eigenvalue weighted by Gasteiger charge is 2.39. The number of anilines is 1. The number of aromatic nitrogens is 1. The Morgan fingerprint density at radius 3 is 2.29 bits per heavy atom. The van der Waals surface area contributed by atoms with Crippen LogP contribution in [0, 0.1) is 5.82 Å². The molecule has 1 aliphatic rings. The number of hydrogen-bond donors (Lipinski definition) is 1. The van der Waals surface area contributed by atoms with E-state index in [1.54, 1.807) is 5.32 Å². The van der Waals surface area contributed by atoms with Gasteiger partial charge in [-0.25, -0.2) is 14.2 Å². The van der Waals surface area contributed by atoms with Gasteiger partial charge in [0.1, 0.15) is 12.4 Å². The van der Waals surface area contributed by atoms with Gasteiger partial charge in [-0.2, -0.15) is 26.3 Å². The molecule has 13 heteroatoms. The maximum Gasteiger partial charge on any atom is 0.471 e. The van der Waals surface area contributed by atoms with Crippen molar-refractivity contribution in [2.45, 2.75) is 45.1 Å². The molecule has 0 radical (unpaired) electrons. The summed E-state index contributed by atoms with van der Waals surface area (Å²) < 4.78 is 104. The van der Waals surface area contributed by atoms with Crippen LogP contribution in [0.4, 0.5) is 36.4 Å². The maximum absolute atomic E-state index is 13.7. The van der Waals surface area contributed by atoms with Gasteiger partial charge in [-0.3, -0.25) is 4.79 Å². The number of benzene rings is 2. The van der Waals surface area contributed by atoms with Crippen LogP contribution in [0.2, 0.25) is 0 Å². The fourth-order valence-corrected chi connectivity index (χ4v) is 4.44. The first-order chi connectivity index (χ1) is 19.8. The number of pyridine rings is 1. The van der Waals surface area contributed by atoms with Gasteiger partial charge in [0, 0.05) is 17.4 Å². The number of hydrogen-bond acceptors (Lipinski definition) is 5. The lowest BCUT2D eigenvalue weighted by molar-refractivity contribution is -0.167. The molecule has 0 saturated heterocycles. The third kappa shape index (κ3) is 7.25. The van der Waals surface area contributed by atoms with Gasteiger partial charge in [-0.15, -0.1) is 0 Å². The Morgan fingerprint density at radius 2 is 1.64 bits per heavy atom. The van der Waals surface area contributed by atoms with Crippen LogP contribution in [0.25, 0.3) is 11.1 Å².